The second-order valence-corrected chi connectivity index (χ2v) is 9.78. The molecular weight excluding hydrogens is 466 g/mol. The first-order chi connectivity index (χ1) is 17.1. The Morgan fingerprint density at radius 3 is 2.66 bits per heavy atom. The highest BCUT2D eigenvalue weighted by molar-refractivity contribution is 7.85. The largest absolute Gasteiger partial charge is 0.450 e. The van der Waals surface area contributed by atoms with Gasteiger partial charge in [-0.25, -0.2) is 19.7 Å². The summed E-state index contributed by atoms with van der Waals surface area (Å²) in [6, 6.07) is 9.75. The van der Waals surface area contributed by atoms with E-state index in [4.69, 9.17) is 4.74 Å². The van der Waals surface area contributed by atoms with Crippen LogP contribution < -0.4 is 5.32 Å². The van der Waals surface area contributed by atoms with E-state index in [0.29, 0.717) is 11.3 Å². The first-order valence-corrected chi connectivity index (χ1v) is 12.9. The minimum Gasteiger partial charge on any atom is -0.450 e. The number of carbonyl (C=O) groups is 1. The fourth-order valence-corrected chi connectivity index (χ4v) is 5.10. The van der Waals surface area contributed by atoms with E-state index in [1.54, 1.807) is 25.4 Å². The Labute approximate surface area is 204 Å². The van der Waals surface area contributed by atoms with Gasteiger partial charge in [0.05, 0.1) is 17.8 Å². The highest BCUT2D eigenvalue weighted by Gasteiger charge is 2.17. The molecule has 1 fully saturated rings. The van der Waals surface area contributed by atoms with Crippen LogP contribution in [0.3, 0.4) is 0 Å². The molecule has 0 atom stereocenters. The minimum atomic E-state index is -0.691. The van der Waals surface area contributed by atoms with Crippen molar-refractivity contribution in [1.82, 2.24) is 29.8 Å². The van der Waals surface area contributed by atoms with Crippen LogP contribution in [0.25, 0.3) is 33.5 Å². The summed E-state index contributed by atoms with van der Waals surface area (Å²) in [6.07, 6.45) is 4.63. The summed E-state index contributed by atoms with van der Waals surface area (Å²) in [5.41, 5.74) is 4.91. The topological polar surface area (TPSA) is 126 Å². The lowest BCUT2D eigenvalue weighted by atomic mass is 10.0. The zero-order valence-electron chi connectivity index (χ0n) is 19.2. The van der Waals surface area contributed by atoms with Crippen LogP contribution in [-0.4, -0.2) is 71.3 Å². The maximum Gasteiger partial charge on any atom is 0.413 e. The third-order valence-electron chi connectivity index (χ3n) is 5.70. The lowest BCUT2D eigenvalue weighted by molar-refractivity contribution is 0.167. The van der Waals surface area contributed by atoms with E-state index in [0.717, 1.165) is 59.0 Å². The number of fused-ring (bicyclic) bond motifs is 1. The molecule has 3 aromatic heterocycles. The van der Waals surface area contributed by atoms with Crippen molar-refractivity contribution < 1.29 is 13.7 Å². The van der Waals surface area contributed by atoms with Gasteiger partial charge in [-0.15, -0.1) is 0 Å². The number of nitrogens with one attached hydrogen (secondary N) is 2. The third-order valence-corrected chi connectivity index (χ3v) is 6.98. The van der Waals surface area contributed by atoms with Crippen LogP contribution in [0.4, 0.5) is 10.7 Å². The van der Waals surface area contributed by atoms with Crippen LogP contribution in [0.5, 0.6) is 0 Å². The predicted octanol–water partition coefficient (Wildman–Crippen LogP) is 3.21. The van der Waals surface area contributed by atoms with Gasteiger partial charge in [-0.1, -0.05) is 6.07 Å². The number of hydrogen-bond acceptors (Lipinski definition) is 8. The normalized spacial score (nSPS) is 14.8. The van der Waals surface area contributed by atoms with Crippen molar-refractivity contribution >= 4 is 33.9 Å². The van der Waals surface area contributed by atoms with E-state index in [1.807, 2.05) is 30.5 Å². The van der Waals surface area contributed by atoms with Gasteiger partial charge in [0.25, 0.3) is 0 Å². The molecule has 1 aromatic carbocycles. The number of ether oxygens (including phenoxy) is 1. The number of imidazole rings is 1. The minimum absolute atomic E-state index is 0.263. The van der Waals surface area contributed by atoms with E-state index in [1.165, 1.54) is 0 Å². The predicted molar refractivity (Wildman–Crippen MR) is 134 cm³/mol. The second kappa shape index (κ2) is 10.3. The Morgan fingerprint density at radius 2 is 1.94 bits per heavy atom. The SMILES string of the molecule is CCOC(=O)Nc1nc2c(-c3ncccn3)cc(-c3ccc(CN4CCS(=O)CC4)nc3)cc2[nH]1. The molecule has 35 heavy (non-hydrogen) atoms. The summed E-state index contributed by atoms with van der Waals surface area (Å²) in [7, 11) is -0.691. The van der Waals surface area contributed by atoms with Gasteiger partial charge in [0, 0.05) is 71.7 Å². The van der Waals surface area contributed by atoms with Gasteiger partial charge in [-0.2, -0.15) is 0 Å². The molecule has 0 radical (unpaired) electrons. The molecule has 2 N–H and O–H groups in total. The van der Waals surface area contributed by atoms with Gasteiger partial charge < -0.3 is 9.72 Å². The summed E-state index contributed by atoms with van der Waals surface area (Å²) in [5.74, 6) is 2.25. The quantitative estimate of drug-likeness (QED) is 0.421. The molecule has 1 aliphatic rings. The molecule has 0 saturated carbocycles. The molecule has 1 aliphatic heterocycles. The lowest BCUT2D eigenvalue weighted by Gasteiger charge is -2.25. The molecule has 0 unspecified atom stereocenters. The zero-order valence-corrected chi connectivity index (χ0v) is 20.0. The first kappa shape index (κ1) is 23.1. The van der Waals surface area contributed by atoms with Crippen molar-refractivity contribution in [1.29, 1.82) is 0 Å². The summed E-state index contributed by atoms with van der Waals surface area (Å²) >= 11 is 0. The van der Waals surface area contributed by atoms with Gasteiger partial charge in [0.15, 0.2) is 5.82 Å². The van der Waals surface area contributed by atoms with Crippen molar-refractivity contribution in [3.05, 3.63) is 54.6 Å². The Kier molecular flexibility index (Phi) is 6.77. The lowest BCUT2D eigenvalue weighted by Crippen LogP contribution is -2.37. The maximum absolute atomic E-state index is 11.9. The molecule has 0 aliphatic carbocycles. The Balaban J connectivity index is 1.46. The van der Waals surface area contributed by atoms with E-state index in [-0.39, 0.29) is 12.6 Å². The molecule has 0 bridgehead atoms. The highest BCUT2D eigenvalue weighted by Crippen LogP contribution is 2.32. The number of anilines is 1. The van der Waals surface area contributed by atoms with Crippen molar-refractivity contribution in [2.45, 2.75) is 13.5 Å². The van der Waals surface area contributed by atoms with E-state index in [2.05, 4.69) is 35.1 Å². The summed E-state index contributed by atoms with van der Waals surface area (Å²) in [5, 5.41) is 2.61. The van der Waals surface area contributed by atoms with Crippen LogP contribution in [0, 0.1) is 0 Å². The van der Waals surface area contributed by atoms with Crippen LogP contribution >= 0.6 is 0 Å². The monoisotopic (exact) mass is 491 g/mol. The first-order valence-electron chi connectivity index (χ1n) is 11.4. The number of rotatable bonds is 6. The number of H-pyrrole nitrogens is 1. The zero-order chi connectivity index (χ0) is 24.2. The van der Waals surface area contributed by atoms with Crippen LogP contribution in [0.1, 0.15) is 12.6 Å². The number of aromatic nitrogens is 5. The average Bonchev–Trinajstić information content (AvgIpc) is 3.28. The van der Waals surface area contributed by atoms with E-state index < -0.39 is 16.9 Å². The van der Waals surface area contributed by atoms with Gasteiger partial charge in [-0.05, 0) is 36.8 Å². The molecule has 5 rings (SSSR count). The third kappa shape index (κ3) is 5.36. The highest BCUT2D eigenvalue weighted by atomic mass is 32.2. The van der Waals surface area contributed by atoms with E-state index >= 15 is 0 Å². The Morgan fingerprint density at radius 1 is 1.14 bits per heavy atom. The summed E-state index contributed by atoms with van der Waals surface area (Å²) in [4.78, 5) is 35.3. The second-order valence-electron chi connectivity index (χ2n) is 8.09. The van der Waals surface area contributed by atoms with Crippen molar-refractivity contribution in [3.63, 3.8) is 0 Å². The number of benzene rings is 1. The Hall–Kier alpha value is -3.70. The number of amides is 1. The molecule has 0 spiro atoms. The molecule has 11 heteroatoms. The van der Waals surface area contributed by atoms with Gasteiger partial charge in [-0.3, -0.25) is 19.4 Å². The van der Waals surface area contributed by atoms with Crippen molar-refractivity contribution in [2.24, 2.45) is 0 Å². The van der Waals surface area contributed by atoms with Crippen molar-refractivity contribution in [2.75, 3.05) is 36.5 Å². The molecule has 4 heterocycles. The smallest absolute Gasteiger partial charge is 0.413 e. The van der Waals surface area contributed by atoms with Crippen LogP contribution in [-0.2, 0) is 22.1 Å². The number of aromatic amines is 1. The molecule has 10 nitrogen and oxygen atoms in total. The van der Waals surface area contributed by atoms with Crippen molar-refractivity contribution in [3.8, 4) is 22.5 Å². The van der Waals surface area contributed by atoms with Crippen LogP contribution in [0.2, 0.25) is 0 Å². The fraction of sp³-hybridized carbons (Fsp3) is 0.292. The number of hydrogen-bond donors (Lipinski definition) is 2. The van der Waals surface area contributed by atoms with Gasteiger partial charge in [0.2, 0.25) is 5.95 Å². The maximum atomic E-state index is 11.9. The fourth-order valence-electron chi connectivity index (χ4n) is 3.97. The van der Waals surface area contributed by atoms with Gasteiger partial charge in [0.1, 0.15) is 5.52 Å². The van der Waals surface area contributed by atoms with Gasteiger partial charge >= 0.3 is 6.09 Å². The number of carbonyl (C=O) groups excluding carboxylic acids is 1. The summed E-state index contributed by atoms with van der Waals surface area (Å²) in [6.45, 7) is 4.40. The number of pyridine rings is 1. The van der Waals surface area contributed by atoms with Crippen LogP contribution in [0.15, 0.2) is 48.9 Å². The summed E-state index contributed by atoms with van der Waals surface area (Å²) < 4.78 is 16.6. The standard InChI is InChI=1S/C24H25N7O3S/c1-2-34-24(32)30-23-28-20-13-17(12-19(21(20)29-23)22-25-6-3-7-26-22)16-4-5-18(27-14-16)15-31-8-10-35(33)11-9-31/h3-7,12-14H,2,8-11,15H2,1H3,(H2,28,29,30,32). The molecular formula is C24H25N7O3S. The molecule has 180 valence electrons. The molecule has 1 saturated heterocycles. The number of nitrogens with zero attached hydrogens (tertiary/aromatic N) is 5. The Bertz CT molecular complexity index is 1350. The molecule has 4 aromatic rings. The van der Waals surface area contributed by atoms with E-state index in [9.17, 15) is 9.00 Å². The molecule has 1 amide bonds. The average molecular weight is 492 g/mol.